The maximum Gasteiger partial charge on any atom is 0.191 e. The minimum absolute atomic E-state index is 0.415. The summed E-state index contributed by atoms with van der Waals surface area (Å²) >= 11 is 1.72. The monoisotopic (exact) mass is 403 g/mol. The largest absolute Gasteiger partial charge is 0.486 e. The Labute approximate surface area is 175 Å². The van der Waals surface area contributed by atoms with Gasteiger partial charge in [-0.25, -0.2) is 0 Å². The Hall–Kier alpha value is -2.79. The van der Waals surface area contributed by atoms with Crippen molar-refractivity contribution in [1.82, 2.24) is 14.8 Å². The van der Waals surface area contributed by atoms with Gasteiger partial charge in [-0.1, -0.05) is 60.3 Å². The zero-order valence-electron chi connectivity index (χ0n) is 17.1. The van der Waals surface area contributed by atoms with Crippen molar-refractivity contribution < 1.29 is 4.74 Å². The highest BCUT2D eigenvalue weighted by atomic mass is 32.2. The molecule has 4 rings (SSSR count). The number of nitrogens with zero attached hydrogens (tertiary/aromatic N) is 3. The molecular formula is C24H25N3OS. The van der Waals surface area contributed by atoms with Crippen LogP contribution in [0.2, 0.25) is 0 Å². The van der Waals surface area contributed by atoms with Gasteiger partial charge in [-0.3, -0.25) is 0 Å². The summed E-state index contributed by atoms with van der Waals surface area (Å²) in [7, 11) is 0. The standard InChI is InChI=1S/C24H25N3OS/c1-4-27-23(15-28-21-13-12-17(2)18(3)14-21)25-26-24(27)29-16-20-10-7-9-19-8-5-6-11-22(19)20/h5-14H,4,15-16H2,1-3H3. The zero-order valence-corrected chi connectivity index (χ0v) is 17.9. The normalized spacial score (nSPS) is 11.1. The highest BCUT2D eigenvalue weighted by molar-refractivity contribution is 7.98. The van der Waals surface area contributed by atoms with Crippen LogP contribution < -0.4 is 4.74 Å². The molecule has 3 aromatic carbocycles. The molecule has 1 heterocycles. The third-order valence-electron chi connectivity index (χ3n) is 5.19. The Morgan fingerprint density at radius 2 is 1.76 bits per heavy atom. The number of benzene rings is 3. The predicted molar refractivity (Wildman–Crippen MR) is 119 cm³/mol. The molecule has 29 heavy (non-hydrogen) atoms. The van der Waals surface area contributed by atoms with Crippen molar-refractivity contribution in [2.45, 2.75) is 44.8 Å². The fourth-order valence-electron chi connectivity index (χ4n) is 3.36. The van der Waals surface area contributed by atoms with Gasteiger partial charge in [0.1, 0.15) is 12.4 Å². The molecule has 0 amide bonds. The summed E-state index contributed by atoms with van der Waals surface area (Å²) in [6.45, 7) is 7.55. The highest BCUT2D eigenvalue weighted by Crippen LogP contribution is 2.27. The first-order valence-electron chi connectivity index (χ1n) is 9.87. The number of hydrogen-bond acceptors (Lipinski definition) is 4. The van der Waals surface area contributed by atoms with Crippen LogP contribution in [0.5, 0.6) is 5.75 Å². The first-order valence-corrected chi connectivity index (χ1v) is 10.9. The zero-order chi connectivity index (χ0) is 20.2. The predicted octanol–water partition coefficient (Wildman–Crippen LogP) is 5.94. The highest BCUT2D eigenvalue weighted by Gasteiger charge is 2.13. The third-order valence-corrected chi connectivity index (χ3v) is 6.21. The Bertz CT molecular complexity index is 1130. The number of rotatable bonds is 7. The van der Waals surface area contributed by atoms with Crippen LogP contribution in [-0.2, 0) is 18.9 Å². The Kier molecular flexibility index (Phi) is 5.86. The summed E-state index contributed by atoms with van der Waals surface area (Å²) in [5, 5.41) is 12.3. The number of hydrogen-bond donors (Lipinski definition) is 0. The lowest BCUT2D eigenvalue weighted by Crippen LogP contribution is -2.07. The first kappa shape index (κ1) is 19.5. The fourth-order valence-corrected chi connectivity index (χ4v) is 4.39. The molecule has 0 atom stereocenters. The molecule has 0 spiro atoms. The quantitative estimate of drug-likeness (QED) is 0.358. The van der Waals surface area contributed by atoms with Crippen molar-refractivity contribution in [2.24, 2.45) is 0 Å². The maximum atomic E-state index is 5.97. The van der Waals surface area contributed by atoms with Crippen molar-refractivity contribution in [3.05, 3.63) is 83.2 Å². The second-order valence-corrected chi connectivity index (χ2v) is 8.05. The molecule has 0 radical (unpaired) electrons. The van der Waals surface area contributed by atoms with Crippen molar-refractivity contribution in [3.63, 3.8) is 0 Å². The molecule has 0 aliphatic carbocycles. The molecule has 4 aromatic rings. The van der Waals surface area contributed by atoms with Gasteiger partial charge in [-0.05, 0) is 60.4 Å². The van der Waals surface area contributed by atoms with Crippen LogP contribution in [0.15, 0.2) is 65.8 Å². The van der Waals surface area contributed by atoms with E-state index in [0.717, 1.165) is 29.0 Å². The summed E-state index contributed by atoms with van der Waals surface area (Å²) in [5.41, 5.74) is 3.80. The summed E-state index contributed by atoms with van der Waals surface area (Å²) in [6.07, 6.45) is 0. The van der Waals surface area contributed by atoms with Crippen LogP contribution in [0.3, 0.4) is 0 Å². The number of thioether (sulfide) groups is 1. The van der Waals surface area contributed by atoms with Gasteiger partial charge >= 0.3 is 0 Å². The van der Waals surface area contributed by atoms with Crippen LogP contribution in [0.25, 0.3) is 10.8 Å². The topological polar surface area (TPSA) is 39.9 Å². The molecule has 0 aliphatic rings. The molecule has 0 aliphatic heterocycles. The molecule has 4 nitrogen and oxygen atoms in total. The fraction of sp³-hybridized carbons (Fsp3) is 0.250. The van der Waals surface area contributed by atoms with Crippen LogP contribution >= 0.6 is 11.8 Å². The smallest absolute Gasteiger partial charge is 0.191 e. The van der Waals surface area contributed by atoms with E-state index in [9.17, 15) is 0 Å². The number of aromatic nitrogens is 3. The Morgan fingerprint density at radius 3 is 2.59 bits per heavy atom. The van der Waals surface area contributed by atoms with E-state index in [2.05, 4.69) is 90.1 Å². The lowest BCUT2D eigenvalue weighted by molar-refractivity contribution is 0.288. The molecule has 0 unspecified atom stereocenters. The van der Waals surface area contributed by atoms with Crippen molar-refractivity contribution >= 4 is 22.5 Å². The Morgan fingerprint density at radius 1 is 0.931 bits per heavy atom. The molecule has 0 bridgehead atoms. The van der Waals surface area contributed by atoms with Crippen molar-refractivity contribution in [1.29, 1.82) is 0 Å². The minimum Gasteiger partial charge on any atom is -0.486 e. The minimum atomic E-state index is 0.415. The molecule has 148 valence electrons. The van der Waals surface area contributed by atoms with Gasteiger partial charge < -0.3 is 9.30 Å². The molecule has 1 aromatic heterocycles. The van der Waals surface area contributed by atoms with Gasteiger partial charge in [0, 0.05) is 12.3 Å². The van der Waals surface area contributed by atoms with E-state index in [-0.39, 0.29) is 0 Å². The van der Waals surface area contributed by atoms with E-state index in [0.29, 0.717) is 6.61 Å². The third kappa shape index (κ3) is 4.30. The van der Waals surface area contributed by atoms with Gasteiger partial charge in [-0.15, -0.1) is 10.2 Å². The summed E-state index contributed by atoms with van der Waals surface area (Å²) in [6, 6.07) is 21.1. The molecule has 0 fully saturated rings. The van der Waals surface area contributed by atoms with E-state index in [1.54, 1.807) is 11.8 Å². The van der Waals surface area contributed by atoms with Crippen LogP contribution in [0, 0.1) is 13.8 Å². The SMILES string of the molecule is CCn1c(COc2ccc(C)c(C)c2)nnc1SCc1cccc2ccccc12. The molecule has 0 saturated heterocycles. The summed E-state index contributed by atoms with van der Waals surface area (Å²) in [5.74, 6) is 2.58. The van der Waals surface area contributed by atoms with Gasteiger partial charge in [0.2, 0.25) is 0 Å². The van der Waals surface area contributed by atoms with Crippen molar-refractivity contribution in [3.8, 4) is 5.75 Å². The Balaban J connectivity index is 1.47. The van der Waals surface area contributed by atoms with Gasteiger partial charge in [0.15, 0.2) is 11.0 Å². The van der Waals surface area contributed by atoms with E-state index < -0.39 is 0 Å². The van der Waals surface area contributed by atoms with E-state index >= 15 is 0 Å². The van der Waals surface area contributed by atoms with E-state index in [1.165, 1.54) is 27.5 Å². The van der Waals surface area contributed by atoms with E-state index in [1.807, 2.05) is 6.07 Å². The average molecular weight is 404 g/mol. The number of aryl methyl sites for hydroxylation is 2. The molecule has 0 saturated carbocycles. The molecule has 5 heteroatoms. The molecular weight excluding hydrogens is 378 g/mol. The van der Waals surface area contributed by atoms with Crippen LogP contribution in [-0.4, -0.2) is 14.8 Å². The number of fused-ring (bicyclic) bond motifs is 1. The van der Waals surface area contributed by atoms with Gasteiger partial charge in [-0.2, -0.15) is 0 Å². The van der Waals surface area contributed by atoms with Crippen LogP contribution in [0.1, 0.15) is 29.4 Å². The van der Waals surface area contributed by atoms with Gasteiger partial charge in [0.25, 0.3) is 0 Å². The number of ether oxygens (including phenoxy) is 1. The van der Waals surface area contributed by atoms with Gasteiger partial charge in [0.05, 0.1) is 0 Å². The second kappa shape index (κ2) is 8.70. The summed E-state index contributed by atoms with van der Waals surface area (Å²) < 4.78 is 8.11. The van der Waals surface area contributed by atoms with E-state index in [4.69, 9.17) is 4.74 Å². The lowest BCUT2D eigenvalue weighted by atomic mass is 10.1. The second-order valence-electron chi connectivity index (χ2n) is 7.10. The lowest BCUT2D eigenvalue weighted by Gasteiger charge is -2.10. The van der Waals surface area contributed by atoms with Crippen LogP contribution in [0.4, 0.5) is 0 Å². The molecule has 0 N–H and O–H groups in total. The summed E-state index contributed by atoms with van der Waals surface area (Å²) in [4.78, 5) is 0. The average Bonchev–Trinajstić information content (AvgIpc) is 3.14. The van der Waals surface area contributed by atoms with Crippen molar-refractivity contribution in [2.75, 3.05) is 0 Å². The first-order chi connectivity index (χ1) is 14.2. The maximum absolute atomic E-state index is 5.97.